The Morgan fingerprint density at radius 1 is 1.37 bits per heavy atom. The molecule has 2 aromatic heterocycles. The summed E-state index contributed by atoms with van der Waals surface area (Å²) < 4.78 is 4.85. The molecule has 2 aromatic rings. The lowest BCUT2D eigenvalue weighted by molar-refractivity contribution is 0.210. The Kier molecular flexibility index (Phi) is 3.69. The Balaban J connectivity index is 1.47. The standard InChI is InChI=1S/C13H17N5O/c1-4-14-10-15-13(1)17-12-2-5-18(6-3-12)8-11-7-16-19-9-11/h1,4,7,9-10,12H,2-3,5-6,8H2,(H,14,15,17). The number of nitrogens with zero attached hydrogens (tertiary/aromatic N) is 4. The second-order valence-corrected chi connectivity index (χ2v) is 4.82. The Morgan fingerprint density at radius 2 is 2.26 bits per heavy atom. The molecule has 0 spiro atoms. The summed E-state index contributed by atoms with van der Waals surface area (Å²) in [6, 6.07) is 2.40. The maximum Gasteiger partial charge on any atom is 0.129 e. The van der Waals surface area contributed by atoms with Gasteiger partial charge in [-0.05, 0) is 18.9 Å². The summed E-state index contributed by atoms with van der Waals surface area (Å²) >= 11 is 0. The quantitative estimate of drug-likeness (QED) is 0.898. The third-order valence-corrected chi connectivity index (χ3v) is 3.41. The van der Waals surface area contributed by atoms with Crippen LogP contribution in [0.5, 0.6) is 0 Å². The molecule has 6 heteroatoms. The van der Waals surface area contributed by atoms with E-state index in [0.29, 0.717) is 6.04 Å². The zero-order valence-corrected chi connectivity index (χ0v) is 10.7. The van der Waals surface area contributed by atoms with E-state index in [0.717, 1.165) is 43.9 Å². The van der Waals surface area contributed by atoms with Crippen molar-refractivity contribution in [1.82, 2.24) is 20.0 Å². The van der Waals surface area contributed by atoms with Crippen molar-refractivity contribution in [3.63, 3.8) is 0 Å². The van der Waals surface area contributed by atoms with Gasteiger partial charge in [0, 0.05) is 37.4 Å². The van der Waals surface area contributed by atoms with Gasteiger partial charge in [0.1, 0.15) is 18.4 Å². The lowest BCUT2D eigenvalue weighted by Gasteiger charge is -2.32. The number of rotatable bonds is 4. The fourth-order valence-corrected chi connectivity index (χ4v) is 2.38. The van der Waals surface area contributed by atoms with E-state index >= 15 is 0 Å². The molecule has 0 aromatic carbocycles. The van der Waals surface area contributed by atoms with E-state index in [2.05, 4.69) is 25.3 Å². The Labute approximate surface area is 111 Å². The molecule has 6 nitrogen and oxygen atoms in total. The van der Waals surface area contributed by atoms with Gasteiger partial charge in [-0.2, -0.15) is 0 Å². The van der Waals surface area contributed by atoms with Gasteiger partial charge < -0.3 is 9.84 Å². The largest absolute Gasteiger partial charge is 0.367 e. The number of hydrogen-bond donors (Lipinski definition) is 1. The summed E-state index contributed by atoms with van der Waals surface area (Å²) in [6.07, 6.45) is 9.07. The van der Waals surface area contributed by atoms with Crippen LogP contribution < -0.4 is 5.32 Å². The van der Waals surface area contributed by atoms with E-state index in [4.69, 9.17) is 4.52 Å². The molecule has 19 heavy (non-hydrogen) atoms. The lowest BCUT2D eigenvalue weighted by Crippen LogP contribution is -2.38. The Bertz CT molecular complexity index is 479. The lowest BCUT2D eigenvalue weighted by atomic mass is 10.0. The normalized spacial score (nSPS) is 17.5. The van der Waals surface area contributed by atoms with Crippen LogP contribution in [0.3, 0.4) is 0 Å². The first-order chi connectivity index (χ1) is 9.40. The van der Waals surface area contributed by atoms with Crippen molar-refractivity contribution in [2.45, 2.75) is 25.4 Å². The van der Waals surface area contributed by atoms with E-state index in [9.17, 15) is 0 Å². The highest BCUT2D eigenvalue weighted by atomic mass is 16.5. The van der Waals surface area contributed by atoms with Crippen LogP contribution in [-0.2, 0) is 6.54 Å². The maximum atomic E-state index is 4.85. The molecule has 1 fully saturated rings. The summed E-state index contributed by atoms with van der Waals surface area (Å²) in [5, 5.41) is 7.18. The summed E-state index contributed by atoms with van der Waals surface area (Å²) in [5.74, 6) is 0.910. The van der Waals surface area contributed by atoms with Crippen LogP contribution in [0.1, 0.15) is 18.4 Å². The van der Waals surface area contributed by atoms with Crippen LogP contribution in [-0.4, -0.2) is 39.2 Å². The molecule has 1 saturated heterocycles. The zero-order chi connectivity index (χ0) is 12.9. The zero-order valence-electron chi connectivity index (χ0n) is 10.7. The predicted octanol–water partition coefficient (Wildman–Crippen LogP) is 1.54. The summed E-state index contributed by atoms with van der Waals surface area (Å²) in [6.45, 7) is 3.07. The average molecular weight is 259 g/mol. The van der Waals surface area contributed by atoms with Crippen molar-refractivity contribution in [2.75, 3.05) is 18.4 Å². The molecule has 1 aliphatic rings. The van der Waals surface area contributed by atoms with E-state index in [1.807, 2.05) is 6.07 Å². The highest BCUT2D eigenvalue weighted by molar-refractivity contribution is 5.33. The summed E-state index contributed by atoms with van der Waals surface area (Å²) in [5.41, 5.74) is 1.14. The molecule has 100 valence electrons. The fourth-order valence-electron chi connectivity index (χ4n) is 2.38. The predicted molar refractivity (Wildman–Crippen MR) is 70.5 cm³/mol. The Hall–Kier alpha value is -1.95. The van der Waals surface area contributed by atoms with Gasteiger partial charge >= 0.3 is 0 Å². The van der Waals surface area contributed by atoms with Crippen LogP contribution in [0.2, 0.25) is 0 Å². The van der Waals surface area contributed by atoms with Crippen molar-refractivity contribution >= 4 is 5.82 Å². The monoisotopic (exact) mass is 259 g/mol. The van der Waals surface area contributed by atoms with Gasteiger partial charge in [-0.3, -0.25) is 4.90 Å². The van der Waals surface area contributed by atoms with Crippen molar-refractivity contribution < 1.29 is 4.52 Å². The van der Waals surface area contributed by atoms with Crippen LogP contribution in [0, 0.1) is 0 Å². The molecular formula is C13H17N5O. The minimum Gasteiger partial charge on any atom is -0.367 e. The molecule has 0 radical (unpaired) electrons. The SMILES string of the molecule is c1cc(NC2CCN(Cc3cnoc3)CC2)ncn1. The molecule has 0 unspecified atom stereocenters. The van der Waals surface area contributed by atoms with E-state index < -0.39 is 0 Å². The molecule has 3 heterocycles. The third-order valence-electron chi connectivity index (χ3n) is 3.41. The van der Waals surface area contributed by atoms with E-state index in [1.165, 1.54) is 0 Å². The maximum absolute atomic E-state index is 4.85. The van der Waals surface area contributed by atoms with Gasteiger partial charge in [-0.1, -0.05) is 5.16 Å². The number of piperidine rings is 1. The number of hydrogen-bond acceptors (Lipinski definition) is 6. The highest BCUT2D eigenvalue weighted by Gasteiger charge is 2.19. The first kappa shape index (κ1) is 12.1. The molecule has 3 rings (SSSR count). The molecule has 1 aliphatic heterocycles. The third kappa shape index (κ3) is 3.29. The molecule has 0 bridgehead atoms. The first-order valence-electron chi connectivity index (χ1n) is 6.53. The van der Waals surface area contributed by atoms with Crippen molar-refractivity contribution in [2.24, 2.45) is 0 Å². The number of anilines is 1. The van der Waals surface area contributed by atoms with Crippen LogP contribution in [0.15, 0.2) is 35.6 Å². The van der Waals surface area contributed by atoms with Gasteiger partial charge in [0.05, 0.1) is 6.20 Å². The van der Waals surface area contributed by atoms with Gasteiger partial charge in [0.15, 0.2) is 0 Å². The highest BCUT2D eigenvalue weighted by Crippen LogP contribution is 2.16. The summed E-state index contributed by atoms with van der Waals surface area (Å²) in [4.78, 5) is 10.5. The molecular weight excluding hydrogens is 242 g/mol. The van der Waals surface area contributed by atoms with E-state index in [-0.39, 0.29) is 0 Å². The molecule has 0 atom stereocenters. The van der Waals surface area contributed by atoms with Crippen LogP contribution in [0.4, 0.5) is 5.82 Å². The van der Waals surface area contributed by atoms with Crippen molar-refractivity contribution in [3.05, 3.63) is 36.6 Å². The second-order valence-electron chi connectivity index (χ2n) is 4.82. The van der Waals surface area contributed by atoms with Gasteiger partial charge in [0.25, 0.3) is 0 Å². The number of likely N-dealkylation sites (tertiary alicyclic amines) is 1. The molecule has 0 amide bonds. The fraction of sp³-hybridized carbons (Fsp3) is 0.462. The first-order valence-corrected chi connectivity index (χ1v) is 6.53. The molecule has 0 saturated carbocycles. The number of aromatic nitrogens is 3. The van der Waals surface area contributed by atoms with E-state index in [1.54, 1.807) is 25.0 Å². The van der Waals surface area contributed by atoms with Crippen molar-refractivity contribution in [3.8, 4) is 0 Å². The van der Waals surface area contributed by atoms with Crippen molar-refractivity contribution in [1.29, 1.82) is 0 Å². The molecule has 1 N–H and O–H groups in total. The number of nitrogens with one attached hydrogen (secondary N) is 1. The Morgan fingerprint density at radius 3 is 2.95 bits per heavy atom. The average Bonchev–Trinajstić information content (AvgIpc) is 2.95. The van der Waals surface area contributed by atoms with Gasteiger partial charge in [-0.25, -0.2) is 9.97 Å². The topological polar surface area (TPSA) is 67.1 Å². The second kappa shape index (κ2) is 5.79. The van der Waals surface area contributed by atoms with Crippen LogP contribution in [0.25, 0.3) is 0 Å². The molecule has 0 aliphatic carbocycles. The minimum absolute atomic E-state index is 0.494. The van der Waals surface area contributed by atoms with Crippen LogP contribution >= 0.6 is 0 Å². The van der Waals surface area contributed by atoms with Gasteiger partial charge in [0.2, 0.25) is 0 Å². The minimum atomic E-state index is 0.494. The smallest absolute Gasteiger partial charge is 0.129 e. The van der Waals surface area contributed by atoms with Gasteiger partial charge in [-0.15, -0.1) is 0 Å². The summed E-state index contributed by atoms with van der Waals surface area (Å²) in [7, 11) is 0.